The highest BCUT2D eigenvalue weighted by atomic mass is 32.2. The Bertz CT molecular complexity index is 941. The predicted molar refractivity (Wildman–Crippen MR) is 190 cm³/mol. The van der Waals surface area contributed by atoms with E-state index in [0.29, 0.717) is 32.2 Å². The van der Waals surface area contributed by atoms with Crippen LogP contribution >= 0.6 is 11.9 Å². The molecule has 0 fully saturated rings. The van der Waals surface area contributed by atoms with Crippen LogP contribution in [0.25, 0.3) is 0 Å². The summed E-state index contributed by atoms with van der Waals surface area (Å²) in [6.07, 6.45) is 19.9. The molecule has 0 rings (SSSR count). The Morgan fingerprint density at radius 3 is 1.54 bits per heavy atom. The molecule has 0 aliphatic rings. The van der Waals surface area contributed by atoms with E-state index in [1.54, 1.807) is 6.92 Å². The van der Waals surface area contributed by atoms with Crippen LogP contribution in [0.2, 0.25) is 0 Å². The minimum atomic E-state index is -1.17. The van der Waals surface area contributed by atoms with Crippen molar-refractivity contribution in [3.63, 3.8) is 0 Å². The third kappa shape index (κ3) is 28.6. The van der Waals surface area contributed by atoms with E-state index < -0.39 is 35.7 Å². The van der Waals surface area contributed by atoms with Crippen molar-refractivity contribution in [2.75, 3.05) is 6.54 Å². The second-order valence-corrected chi connectivity index (χ2v) is 13.5. The number of carbonyl (C=O) groups excluding carboxylic acids is 4. The van der Waals surface area contributed by atoms with Crippen molar-refractivity contribution in [2.24, 2.45) is 5.73 Å². The monoisotopic (exact) mass is 696 g/mol. The van der Waals surface area contributed by atoms with Gasteiger partial charge in [-0.2, -0.15) is 0 Å². The van der Waals surface area contributed by atoms with Crippen molar-refractivity contribution >= 4 is 54.3 Å². The van der Waals surface area contributed by atoms with Crippen LogP contribution in [0.5, 0.6) is 0 Å². The Kier molecular flexibility index (Phi) is 29.0. The van der Waals surface area contributed by atoms with Crippen molar-refractivity contribution in [1.29, 1.82) is 0 Å². The van der Waals surface area contributed by atoms with Crippen molar-refractivity contribution in [3.8, 4) is 0 Å². The molecule has 0 aromatic carbocycles. The molecule has 3 atom stereocenters. The zero-order valence-corrected chi connectivity index (χ0v) is 29.9. The molecule has 2 amide bonds. The molecule has 0 aromatic rings. The van der Waals surface area contributed by atoms with Crippen molar-refractivity contribution in [1.82, 2.24) is 15.4 Å². The van der Waals surface area contributed by atoms with Gasteiger partial charge in [0.05, 0.1) is 17.8 Å². The average Bonchev–Trinajstić information content (AvgIpc) is 3.02. The number of aliphatic carboxylic acids is 2. The lowest BCUT2D eigenvalue weighted by molar-refractivity contribution is -0.142. The molecule has 2 radical (unpaired) electrons. The van der Waals surface area contributed by atoms with E-state index in [1.165, 1.54) is 57.8 Å². The molecule has 12 nitrogen and oxygen atoms in total. The maximum absolute atomic E-state index is 12.3. The minimum absolute atomic E-state index is 0.0123. The molecule has 0 unspecified atom stereocenters. The summed E-state index contributed by atoms with van der Waals surface area (Å²) in [6.45, 7) is 1.88. The second-order valence-electron chi connectivity index (χ2n) is 12.7. The number of rotatable bonds is 33. The van der Waals surface area contributed by atoms with Gasteiger partial charge in [-0.3, -0.25) is 19.2 Å². The van der Waals surface area contributed by atoms with Gasteiger partial charge in [0.15, 0.2) is 7.85 Å². The van der Waals surface area contributed by atoms with Crippen LogP contribution in [0.15, 0.2) is 0 Å². The fourth-order valence-electron chi connectivity index (χ4n) is 5.11. The molecule has 14 heteroatoms. The van der Waals surface area contributed by atoms with E-state index in [-0.39, 0.29) is 42.6 Å². The van der Waals surface area contributed by atoms with E-state index in [2.05, 4.69) is 15.4 Å². The van der Waals surface area contributed by atoms with Crippen LogP contribution in [-0.4, -0.2) is 77.3 Å². The van der Waals surface area contributed by atoms with Crippen molar-refractivity contribution in [2.45, 2.75) is 173 Å². The van der Waals surface area contributed by atoms with E-state index in [0.717, 1.165) is 50.5 Å². The van der Waals surface area contributed by atoms with Crippen LogP contribution in [0.3, 0.4) is 0 Å². The van der Waals surface area contributed by atoms with Crippen molar-refractivity contribution in [3.05, 3.63) is 0 Å². The molecule has 0 saturated heterocycles. The quantitative estimate of drug-likeness (QED) is 0.0309. The van der Waals surface area contributed by atoms with Gasteiger partial charge in [0, 0.05) is 25.8 Å². The maximum atomic E-state index is 12.3. The predicted octanol–water partition coefficient (Wildman–Crippen LogP) is 4.90. The van der Waals surface area contributed by atoms with Gasteiger partial charge in [0.25, 0.3) is 0 Å². The van der Waals surface area contributed by atoms with Gasteiger partial charge < -0.3 is 31.4 Å². The summed E-state index contributed by atoms with van der Waals surface area (Å²) in [7, 11) is 5.37. The SMILES string of the molecule is [B]C(=O)[C@H](CCCCNC(=O)CC[C@H](NC(=O)CCCCCCCCCCCCCCCCCCC(=O)O)C(=O)O)NSC(=O)[C@H](C)N. The fourth-order valence-corrected chi connectivity index (χ4v) is 5.79. The summed E-state index contributed by atoms with van der Waals surface area (Å²) in [4.78, 5) is 69.8. The highest BCUT2D eigenvalue weighted by Gasteiger charge is 2.21. The Labute approximate surface area is 293 Å². The Balaban J connectivity index is 3.82. The van der Waals surface area contributed by atoms with Crippen LogP contribution < -0.4 is 21.1 Å². The molecule has 48 heavy (non-hydrogen) atoms. The molecular formula is C34H61BN4O8S. The second kappa shape index (κ2) is 30.6. The molecular weight excluding hydrogens is 635 g/mol. The Morgan fingerprint density at radius 2 is 1.10 bits per heavy atom. The van der Waals surface area contributed by atoms with Crippen molar-refractivity contribution < 1.29 is 39.0 Å². The number of carbonyl (C=O) groups is 6. The third-order valence-corrected chi connectivity index (χ3v) is 9.07. The molecule has 0 saturated carbocycles. The largest absolute Gasteiger partial charge is 0.481 e. The zero-order valence-electron chi connectivity index (χ0n) is 29.1. The number of hydrogen-bond acceptors (Lipinski definition) is 9. The molecule has 0 spiro atoms. The Hall–Kier alpha value is -2.45. The van der Waals surface area contributed by atoms with E-state index >= 15 is 0 Å². The first-order valence-corrected chi connectivity index (χ1v) is 18.8. The lowest BCUT2D eigenvalue weighted by Gasteiger charge is -2.16. The standard InChI is InChI=1S/C34H61BN4O8S/c1-26(36)34(47)48-39-27(32(35)44)20-18-19-25-37-29(40)24-23-28(33(45)46)38-30(41)21-16-14-12-10-8-6-4-2-3-5-7-9-11-13-15-17-22-31(42)43/h26-28,39H,2-25,36H2,1H3,(H,37,40)(H,38,41)(H,42,43)(H,45,46)/t26-,27-,28-/m0/s1. The zero-order chi connectivity index (χ0) is 36.0. The minimum Gasteiger partial charge on any atom is -0.481 e. The van der Waals surface area contributed by atoms with Gasteiger partial charge in [-0.1, -0.05) is 89.9 Å². The van der Waals surface area contributed by atoms with Gasteiger partial charge in [-0.25, -0.2) is 9.52 Å². The maximum Gasteiger partial charge on any atom is 0.326 e. The third-order valence-electron chi connectivity index (χ3n) is 8.10. The molecule has 0 heterocycles. The molecule has 274 valence electrons. The first-order valence-electron chi connectivity index (χ1n) is 18.0. The summed E-state index contributed by atoms with van der Waals surface area (Å²) in [5.41, 5.74) is 4.90. The van der Waals surface area contributed by atoms with Gasteiger partial charge in [0.2, 0.25) is 16.9 Å². The summed E-state index contributed by atoms with van der Waals surface area (Å²) in [5.74, 6) is -2.52. The molecule has 0 aliphatic carbocycles. The normalized spacial score (nSPS) is 13.0. The van der Waals surface area contributed by atoms with E-state index in [9.17, 15) is 33.9 Å². The fraction of sp³-hybridized carbons (Fsp3) is 0.824. The number of amides is 2. The average molecular weight is 697 g/mol. The highest BCUT2D eigenvalue weighted by molar-refractivity contribution is 8.12. The molecule has 0 aliphatic heterocycles. The van der Waals surface area contributed by atoms with Crippen LogP contribution in [-0.2, 0) is 28.8 Å². The topological polar surface area (TPSA) is 205 Å². The van der Waals surface area contributed by atoms with Crippen LogP contribution in [0.4, 0.5) is 0 Å². The number of carboxylic acid groups (broad SMARTS) is 2. The number of carboxylic acids is 2. The molecule has 0 aromatic heterocycles. The lowest BCUT2D eigenvalue weighted by atomic mass is 9.92. The van der Waals surface area contributed by atoms with Gasteiger partial charge in [0.1, 0.15) is 6.04 Å². The first kappa shape index (κ1) is 45.6. The molecule has 7 N–H and O–H groups in total. The smallest absolute Gasteiger partial charge is 0.326 e. The van der Waals surface area contributed by atoms with Crippen LogP contribution in [0, 0.1) is 0 Å². The summed E-state index contributed by atoms with van der Waals surface area (Å²) >= 11 is 0.748. The number of unbranched alkanes of at least 4 members (excludes halogenated alkanes) is 16. The summed E-state index contributed by atoms with van der Waals surface area (Å²) in [6, 6.07) is -2.51. The van der Waals surface area contributed by atoms with E-state index in [4.69, 9.17) is 18.7 Å². The number of hydrogen-bond donors (Lipinski definition) is 6. The molecule has 0 bridgehead atoms. The summed E-state index contributed by atoms with van der Waals surface area (Å²) in [5, 5.41) is 23.1. The van der Waals surface area contributed by atoms with E-state index in [1.807, 2.05) is 0 Å². The lowest BCUT2D eigenvalue weighted by Crippen LogP contribution is -2.41. The van der Waals surface area contributed by atoms with Gasteiger partial charge in [-0.05, 0) is 57.4 Å². The number of nitrogens with two attached hydrogens (primary N) is 1. The summed E-state index contributed by atoms with van der Waals surface area (Å²) < 4.78 is 2.73. The van der Waals surface area contributed by atoms with Gasteiger partial charge >= 0.3 is 11.9 Å². The first-order chi connectivity index (χ1) is 22.9. The Morgan fingerprint density at radius 1 is 0.625 bits per heavy atom. The highest BCUT2D eigenvalue weighted by Crippen LogP contribution is 2.15. The number of nitrogens with one attached hydrogen (secondary N) is 3. The van der Waals surface area contributed by atoms with Crippen LogP contribution in [0.1, 0.15) is 155 Å². The van der Waals surface area contributed by atoms with Gasteiger partial charge in [-0.15, -0.1) is 0 Å².